The van der Waals surface area contributed by atoms with Gasteiger partial charge in [0.05, 0.1) is 10.9 Å². The fraction of sp³-hybridized carbons (Fsp3) is 0.0500. The molecule has 0 amide bonds. The Labute approximate surface area is 141 Å². The molecule has 0 heterocycles. The van der Waals surface area contributed by atoms with Crippen molar-refractivity contribution >= 4 is 22.6 Å². The standard InChI is InChI=1S/C20H18N2S/c21-20(22-18-14-8-3-9-15-18)23-19(16-10-4-1-5-11-16)17-12-6-2-7-13-17/h1-15,19H,(H2,21,22). The Balaban J connectivity index is 1.89. The number of aliphatic imine (C=N–C) groups is 1. The Morgan fingerprint density at radius 3 is 1.61 bits per heavy atom. The number of benzene rings is 3. The molecule has 114 valence electrons. The van der Waals surface area contributed by atoms with Crippen LogP contribution in [0, 0.1) is 0 Å². The molecule has 3 heteroatoms. The summed E-state index contributed by atoms with van der Waals surface area (Å²) in [5, 5.41) is 0.693. The van der Waals surface area contributed by atoms with Crippen molar-refractivity contribution in [1.82, 2.24) is 0 Å². The van der Waals surface area contributed by atoms with E-state index >= 15 is 0 Å². The molecule has 0 aliphatic rings. The number of nitrogens with two attached hydrogens (primary N) is 1. The summed E-state index contributed by atoms with van der Waals surface area (Å²) in [5.41, 5.74) is 9.50. The zero-order valence-corrected chi connectivity index (χ0v) is 13.5. The van der Waals surface area contributed by atoms with Crippen molar-refractivity contribution in [1.29, 1.82) is 0 Å². The zero-order valence-electron chi connectivity index (χ0n) is 12.7. The number of hydrogen-bond acceptors (Lipinski definition) is 2. The minimum Gasteiger partial charge on any atom is -0.378 e. The number of rotatable bonds is 4. The van der Waals surface area contributed by atoms with E-state index in [1.807, 2.05) is 42.5 Å². The van der Waals surface area contributed by atoms with E-state index in [1.165, 1.54) is 11.1 Å². The molecule has 23 heavy (non-hydrogen) atoms. The molecule has 0 atom stereocenters. The Morgan fingerprint density at radius 1 is 0.696 bits per heavy atom. The van der Waals surface area contributed by atoms with Crippen LogP contribution >= 0.6 is 11.8 Å². The zero-order chi connectivity index (χ0) is 15.9. The fourth-order valence-corrected chi connectivity index (χ4v) is 3.35. The van der Waals surface area contributed by atoms with Gasteiger partial charge in [0.2, 0.25) is 0 Å². The summed E-state index contributed by atoms with van der Waals surface area (Å²) < 4.78 is 0. The minimum absolute atomic E-state index is 0.130. The highest BCUT2D eigenvalue weighted by Crippen LogP contribution is 2.35. The summed E-state index contributed by atoms with van der Waals surface area (Å²) in [6.07, 6.45) is 0. The predicted octanol–water partition coefficient (Wildman–Crippen LogP) is 5.16. The average molecular weight is 318 g/mol. The molecule has 3 aromatic carbocycles. The van der Waals surface area contributed by atoms with Crippen molar-refractivity contribution in [2.75, 3.05) is 0 Å². The Bertz CT molecular complexity index is 716. The van der Waals surface area contributed by atoms with Crippen molar-refractivity contribution in [3.63, 3.8) is 0 Å². The number of para-hydroxylation sites is 1. The molecule has 2 N–H and O–H groups in total. The maximum absolute atomic E-state index is 6.19. The van der Waals surface area contributed by atoms with Gasteiger partial charge >= 0.3 is 0 Å². The second-order valence-electron chi connectivity index (χ2n) is 5.10. The van der Waals surface area contributed by atoms with E-state index in [9.17, 15) is 0 Å². The predicted molar refractivity (Wildman–Crippen MR) is 100 cm³/mol. The molecule has 0 spiro atoms. The van der Waals surface area contributed by atoms with Crippen LogP contribution in [-0.4, -0.2) is 5.17 Å². The fourth-order valence-electron chi connectivity index (χ4n) is 2.36. The van der Waals surface area contributed by atoms with E-state index in [2.05, 4.69) is 53.5 Å². The van der Waals surface area contributed by atoms with Gasteiger partial charge in [-0.05, 0) is 23.3 Å². The van der Waals surface area contributed by atoms with E-state index in [-0.39, 0.29) is 5.25 Å². The third-order valence-corrected chi connectivity index (χ3v) is 4.55. The van der Waals surface area contributed by atoms with Crippen molar-refractivity contribution in [3.05, 3.63) is 102 Å². The number of amidine groups is 1. The monoisotopic (exact) mass is 318 g/mol. The first-order chi connectivity index (χ1) is 11.3. The van der Waals surface area contributed by atoms with E-state index in [0.717, 1.165) is 5.69 Å². The van der Waals surface area contributed by atoms with Gasteiger partial charge in [0, 0.05) is 0 Å². The normalized spacial score (nSPS) is 11.6. The van der Waals surface area contributed by atoms with Gasteiger partial charge < -0.3 is 5.73 Å². The van der Waals surface area contributed by atoms with Crippen LogP contribution in [0.15, 0.2) is 96.0 Å². The highest BCUT2D eigenvalue weighted by Gasteiger charge is 2.16. The van der Waals surface area contributed by atoms with E-state index < -0.39 is 0 Å². The molecule has 2 nitrogen and oxygen atoms in total. The maximum Gasteiger partial charge on any atom is 0.160 e. The van der Waals surface area contributed by atoms with Crippen LogP contribution in [0.3, 0.4) is 0 Å². The van der Waals surface area contributed by atoms with Gasteiger partial charge in [0.1, 0.15) is 0 Å². The average Bonchev–Trinajstić information content (AvgIpc) is 2.62. The molecular formula is C20H18N2S. The van der Waals surface area contributed by atoms with Gasteiger partial charge in [0.25, 0.3) is 0 Å². The summed E-state index contributed by atoms with van der Waals surface area (Å²) >= 11 is 1.57. The van der Waals surface area contributed by atoms with Crippen LogP contribution in [0.2, 0.25) is 0 Å². The lowest BCUT2D eigenvalue weighted by Gasteiger charge is -2.17. The molecule has 0 bridgehead atoms. The van der Waals surface area contributed by atoms with Crippen LogP contribution in [-0.2, 0) is 0 Å². The number of thioether (sulfide) groups is 1. The lowest BCUT2D eigenvalue weighted by Crippen LogP contribution is -2.10. The molecule has 0 saturated carbocycles. The smallest absolute Gasteiger partial charge is 0.160 e. The SMILES string of the molecule is NC(=Nc1ccccc1)SC(c1ccccc1)c1ccccc1. The molecule has 3 aromatic rings. The first kappa shape index (κ1) is 15.4. The lowest BCUT2D eigenvalue weighted by atomic mass is 10.0. The summed E-state index contributed by atoms with van der Waals surface area (Å²) in [6.45, 7) is 0. The second kappa shape index (κ2) is 7.65. The molecule has 3 rings (SSSR count). The van der Waals surface area contributed by atoms with Crippen molar-refractivity contribution in [2.24, 2.45) is 10.7 Å². The van der Waals surface area contributed by atoms with Crippen molar-refractivity contribution in [2.45, 2.75) is 5.25 Å². The molecule has 0 saturated heterocycles. The van der Waals surface area contributed by atoms with Crippen LogP contribution in [0.4, 0.5) is 5.69 Å². The first-order valence-electron chi connectivity index (χ1n) is 7.49. The van der Waals surface area contributed by atoms with Crippen LogP contribution in [0.25, 0.3) is 0 Å². The minimum atomic E-state index is 0.130. The van der Waals surface area contributed by atoms with Gasteiger partial charge in [0.15, 0.2) is 5.17 Å². The lowest BCUT2D eigenvalue weighted by molar-refractivity contribution is 1.16. The molecule has 0 aliphatic carbocycles. The van der Waals surface area contributed by atoms with Crippen LogP contribution in [0.1, 0.15) is 16.4 Å². The maximum atomic E-state index is 6.19. The quantitative estimate of drug-likeness (QED) is 0.533. The summed E-state index contributed by atoms with van der Waals surface area (Å²) in [6, 6.07) is 30.6. The van der Waals surface area contributed by atoms with E-state index in [4.69, 9.17) is 5.73 Å². The van der Waals surface area contributed by atoms with Gasteiger partial charge in [-0.25, -0.2) is 4.99 Å². The van der Waals surface area contributed by atoms with Gasteiger partial charge in [-0.3, -0.25) is 0 Å². The number of nitrogens with zero attached hydrogens (tertiary/aromatic N) is 1. The van der Waals surface area contributed by atoms with Crippen molar-refractivity contribution < 1.29 is 0 Å². The molecular weight excluding hydrogens is 300 g/mol. The van der Waals surface area contributed by atoms with Gasteiger partial charge in [-0.2, -0.15) is 0 Å². The van der Waals surface area contributed by atoms with Gasteiger partial charge in [-0.1, -0.05) is 90.6 Å². The molecule has 0 aromatic heterocycles. The summed E-state index contributed by atoms with van der Waals surface area (Å²) in [5.74, 6) is 0. The highest BCUT2D eigenvalue weighted by atomic mass is 32.2. The Hall–Kier alpha value is -2.52. The Kier molecular flexibility index (Phi) is 5.12. The number of hydrogen-bond donors (Lipinski definition) is 1. The largest absolute Gasteiger partial charge is 0.378 e. The van der Waals surface area contributed by atoms with Crippen LogP contribution in [0.5, 0.6) is 0 Å². The van der Waals surface area contributed by atoms with Crippen LogP contribution < -0.4 is 5.73 Å². The third kappa shape index (κ3) is 4.24. The second-order valence-corrected chi connectivity index (χ2v) is 6.23. The molecule has 0 unspecified atom stereocenters. The van der Waals surface area contributed by atoms with Gasteiger partial charge in [-0.15, -0.1) is 0 Å². The topological polar surface area (TPSA) is 38.4 Å². The summed E-state index contributed by atoms with van der Waals surface area (Å²) in [7, 11) is 0. The Morgan fingerprint density at radius 2 is 1.13 bits per heavy atom. The third-order valence-electron chi connectivity index (χ3n) is 3.44. The van der Waals surface area contributed by atoms with E-state index in [0.29, 0.717) is 5.17 Å². The van der Waals surface area contributed by atoms with E-state index in [1.54, 1.807) is 11.8 Å². The summed E-state index contributed by atoms with van der Waals surface area (Å²) in [4.78, 5) is 4.51. The highest BCUT2D eigenvalue weighted by molar-refractivity contribution is 8.14. The van der Waals surface area contributed by atoms with Crippen molar-refractivity contribution in [3.8, 4) is 0 Å². The molecule has 0 radical (unpaired) electrons. The molecule has 0 aliphatic heterocycles. The first-order valence-corrected chi connectivity index (χ1v) is 8.36. The molecule has 0 fully saturated rings.